The van der Waals surface area contributed by atoms with E-state index in [0.29, 0.717) is 52.6 Å². The van der Waals surface area contributed by atoms with Gasteiger partial charge < -0.3 is 25.1 Å². The number of aromatic nitrogens is 2. The lowest BCUT2D eigenvalue weighted by Crippen LogP contribution is -2.18. The third-order valence-electron chi connectivity index (χ3n) is 5.78. The maximum Gasteiger partial charge on any atom is 0.256 e. The van der Waals surface area contributed by atoms with Crippen molar-refractivity contribution in [2.24, 2.45) is 4.99 Å². The average Bonchev–Trinajstić information content (AvgIpc) is 3.54. The number of fused-ring (bicyclic) bond motifs is 1. The molecule has 36 heavy (non-hydrogen) atoms. The molecule has 0 spiro atoms. The number of carbonyl (C=O) groups excluding carboxylic acids is 2. The van der Waals surface area contributed by atoms with Crippen molar-refractivity contribution in [3.05, 3.63) is 88.7 Å². The van der Waals surface area contributed by atoms with Gasteiger partial charge in [0.15, 0.2) is 0 Å². The number of nitrogens with zero attached hydrogens (tertiary/aromatic N) is 2. The van der Waals surface area contributed by atoms with Crippen molar-refractivity contribution in [2.75, 3.05) is 30.9 Å². The number of aliphatic imine (C=N–C) groups is 1. The van der Waals surface area contributed by atoms with Crippen molar-refractivity contribution < 1.29 is 19.1 Å². The summed E-state index contributed by atoms with van der Waals surface area (Å²) >= 11 is 0. The summed E-state index contributed by atoms with van der Waals surface area (Å²) < 4.78 is 10.9. The van der Waals surface area contributed by atoms with Crippen LogP contribution in [0.1, 0.15) is 37.7 Å². The van der Waals surface area contributed by atoms with Gasteiger partial charge in [0, 0.05) is 18.2 Å². The van der Waals surface area contributed by atoms with Gasteiger partial charge in [-0.25, -0.2) is 9.98 Å². The van der Waals surface area contributed by atoms with E-state index in [2.05, 4.69) is 25.6 Å². The Hall–Kier alpha value is -4.50. The number of imidazole rings is 1. The first-order valence-corrected chi connectivity index (χ1v) is 11.5. The number of benzene rings is 3. The summed E-state index contributed by atoms with van der Waals surface area (Å²) in [5.74, 6) is 0.640. The molecular weight excluding hydrogens is 458 g/mol. The molecule has 3 aromatic carbocycles. The molecule has 3 N–H and O–H groups in total. The molecule has 0 radical (unpaired) electrons. The van der Waals surface area contributed by atoms with Crippen LogP contribution in [0.3, 0.4) is 0 Å². The molecule has 4 aromatic rings. The summed E-state index contributed by atoms with van der Waals surface area (Å²) in [5.41, 5.74) is 4.83. The van der Waals surface area contributed by atoms with E-state index in [4.69, 9.17) is 9.47 Å². The zero-order chi connectivity index (χ0) is 25.1. The first kappa shape index (κ1) is 23.3. The third-order valence-corrected chi connectivity index (χ3v) is 5.78. The number of aryl methyl sites for hydroxylation is 1. The lowest BCUT2D eigenvalue weighted by Gasteiger charge is -2.14. The Labute approximate surface area is 207 Å². The summed E-state index contributed by atoms with van der Waals surface area (Å²) in [4.78, 5) is 38.3. The number of aromatic amines is 1. The van der Waals surface area contributed by atoms with Gasteiger partial charge in [0.2, 0.25) is 5.90 Å². The number of para-hydroxylation sites is 2. The van der Waals surface area contributed by atoms with E-state index in [1.807, 2.05) is 37.3 Å². The second kappa shape index (κ2) is 10.0. The molecule has 0 unspecified atom stereocenters. The molecule has 0 fully saturated rings. The maximum atomic E-state index is 13.2. The third kappa shape index (κ3) is 4.69. The predicted molar refractivity (Wildman–Crippen MR) is 138 cm³/mol. The van der Waals surface area contributed by atoms with Crippen molar-refractivity contribution >= 4 is 40.1 Å². The van der Waals surface area contributed by atoms with Crippen molar-refractivity contribution in [1.29, 1.82) is 0 Å². The average molecular weight is 484 g/mol. The van der Waals surface area contributed by atoms with Crippen molar-refractivity contribution in [3.63, 3.8) is 0 Å². The highest BCUT2D eigenvalue weighted by molar-refractivity contribution is 6.11. The molecule has 1 aromatic heterocycles. The highest BCUT2D eigenvalue weighted by atomic mass is 16.5. The summed E-state index contributed by atoms with van der Waals surface area (Å²) in [6, 6.07) is 17.8. The molecule has 0 saturated carbocycles. The van der Waals surface area contributed by atoms with Gasteiger partial charge >= 0.3 is 0 Å². The highest BCUT2D eigenvalue weighted by Gasteiger charge is 2.19. The van der Waals surface area contributed by atoms with Gasteiger partial charge in [-0.05, 0) is 55.0 Å². The standard InChI is InChI=1S/C27H25N5O4/c1-16-29-22-8-5-9-23(24(22)30-16)32-26(34)19-11-10-17(14-18(19)15-35-2)25(33)31-21-7-4-3-6-20(21)27-28-12-13-36-27/h3-11,14H,12-13,15H2,1-2H3,(H,29,30)(H,31,33)(H,32,34). The second-order valence-corrected chi connectivity index (χ2v) is 8.32. The Morgan fingerprint density at radius 2 is 1.83 bits per heavy atom. The Bertz CT molecular complexity index is 1490. The van der Waals surface area contributed by atoms with Gasteiger partial charge in [-0.2, -0.15) is 0 Å². The summed E-state index contributed by atoms with van der Waals surface area (Å²) in [7, 11) is 1.54. The highest BCUT2D eigenvalue weighted by Crippen LogP contribution is 2.24. The zero-order valence-electron chi connectivity index (χ0n) is 19.9. The number of ether oxygens (including phenoxy) is 2. The molecule has 0 aliphatic carbocycles. The molecular formula is C27H25N5O4. The van der Waals surface area contributed by atoms with Crippen LogP contribution >= 0.6 is 0 Å². The molecule has 2 heterocycles. The summed E-state index contributed by atoms with van der Waals surface area (Å²) in [6.45, 7) is 3.14. The number of carbonyl (C=O) groups is 2. The Kier molecular flexibility index (Phi) is 6.46. The lowest BCUT2D eigenvalue weighted by molar-refractivity contribution is 0.101. The van der Waals surface area contributed by atoms with Crippen LogP contribution in [0, 0.1) is 6.92 Å². The SMILES string of the molecule is COCc1cc(C(=O)Nc2ccccc2C2=NCCO2)ccc1C(=O)Nc1cccc2[nH]c(C)nc12. The van der Waals surface area contributed by atoms with Crippen molar-refractivity contribution in [1.82, 2.24) is 9.97 Å². The van der Waals surface area contributed by atoms with E-state index in [1.54, 1.807) is 37.4 Å². The van der Waals surface area contributed by atoms with Crippen molar-refractivity contribution in [3.8, 4) is 0 Å². The Morgan fingerprint density at radius 3 is 2.64 bits per heavy atom. The molecule has 2 amide bonds. The van der Waals surface area contributed by atoms with E-state index in [0.717, 1.165) is 16.9 Å². The van der Waals surface area contributed by atoms with Crippen molar-refractivity contribution in [2.45, 2.75) is 13.5 Å². The Balaban J connectivity index is 1.39. The summed E-state index contributed by atoms with van der Waals surface area (Å²) in [5, 5.41) is 5.87. The fourth-order valence-corrected chi connectivity index (χ4v) is 4.15. The quantitative estimate of drug-likeness (QED) is 0.362. The van der Waals surface area contributed by atoms with Crippen LogP contribution in [0.2, 0.25) is 0 Å². The molecule has 5 rings (SSSR count). The monoisotopic (exact) mass is 483 g/mol. The van der Waals surface area contributed by atoms with Crippen LogP contribution < -0.4 is 10.6 Å². The van der Waals surface area contributed by atoms with Crippen LogP contribution in [-0.4, -0.2) is 47.9 Å². The van der Waals surface area contributed by atoms with Gasteiger partial charge in [-0.1, -0.05) is 18.2 Å². The van der Waals surface area contributed by atoms with E-state index in [9.17, 15) is 9.59 Å². The fraction of sp³-hybridized carbons (Fsp3) is 0.185. The van der Waals surface area contributed by atoms with Gasteiger partial charge in [-0.3, -0.25) is 9.59 Å². The summed E-state index contributed by atoms with van der Waals surface area (Å²) in [6.07, 6.45) is 0. The Morgan fingerprint density at radius 1 is 1.03 bits per heavy atom. The zero-order valence-corrected chi connectivity index (χ0v) is 19.9. The minimum atomic E-state index is -0.317. The number of amides is 2. The minimum absolute atomic E-state index is 0.164. The molecule has 1 aliphatic rings. The predicted octanol–water partition coefficient (Wildman–Crippen LogP) is 4.30. The number of anilines is 2. The maximum absolute atomic E-state index is 13.2. The second-order valence-electron chi connectivity index (χ2n) is 8.32. The lowest BCUT2D eigenvalue weighted by atomic mass is 10.0. The molecule has 182 valence electrons. The van der Waals surface area contributed by atoms with Crippen LogP contribution in [0.4, 0.5) is 11.4 Å². The van der Waals surface area contributed by atoms with Gasteiger partial charge in [-0.15, -0.1) is 0 Å². The van der Waals surface area contributed by atoms with Crippen LogP contribution in [0.25, 0.3) is 11.0 Å². The van der Waals surface area contributed by atoms with Crippen LogP contribution in [-0.2, 0) is 16.1 Å². The number of H-pyrrole nitrogens is 1. The number of hydrogen-bond donors (Lipinski definition) is 3. The largest absolute Gasteiger partial charge is 0.475 e. The van der Waals surface area contributed by atoms with E-state index in [-0.39, 0.29) is 18.4 Å². The smallest absolute Gasteiger partial charge is 0.256 e. The molecule has 1 aliphatic heterocycles. The first-order chi connectivity index (χ1) is 17.5. The topological polar surface area (TPSA) is 118 Å². The van der Waals surface area contributed by atoms with Gasteiger partial charge in [0.1, 0.15) is 17.9 Å². The van der Waals surface area contributed by atoms with Gasteiger partial charge in [0.05, 0.1) is 35.6 Å². The molecule has 0 saturated heterocycles. The number of rotatable bonds is 7. The first-order valence-electron chi connectivity index (χ1n) is 11.5. The minimum Gasteiger partial charge on any atom is -0.475 e. The van der Waals surface area contributed by atoms with E-state index in [1.165, 1.54) is 0 Å². The molecule has 0 bridgehead atoms. The number of hydrogen-bond acceptors (Lipinski definition) is 6. The van der Waals surface area contributed by atoms with Crippen LogP contribution in [0.5, 0.6) is 0 Å². The number of methoxy groups -OCH3 is 1. The fourth-order valence-electron chi connectivity index (χ4n) is 4.15. The molecule has 9 heteroatoms. The number of nitrogens with one attached hydrogen (secondary N) is 3. The molecule has 9 nitrogen and oxygen atoms in total. The van der Waals surface area contributed by atoms with E-state index < -0.39 is 0 Å². The van der Waals surface area contributed by atoms with Crippen LogP contribution in [0.15, 0.2) is 65.7 Å². The van der Waals surface area contributed by atoms with Gasteiger partial charge in [0.25, 0.3) is 11.8 Å². The van der Waals surface area contributed by atoms with E-state index >= 15 is 0 Å². The normalized spacial score (nSPS) is 12.8. The molecule has 0 atom stereocenters.